The van der Waals surface area contributed by atoms with E-state index in [1.165, 1.54) is 45.7 Å². The van der Waals surface area contributed by atoms with Crippen LogP contribution >= 0.6 is 0 Å². The molecule has 0 N–H and O–H groups in total. The quantitative estimate of drug-likeness (QED) is 0.669. The molecule has 0 aliphatic heterocycles. The number of sulfonamides is 1. The molecule has 9 heteroatoms. The van der Waals surface area contributed by atoms with Crippen LogP contribution in [0.4, 0.5) is 10.1 Å². The SMILES string of the molecule is CCN(C(=O)Cn1cc(S(=O)(=O)N(CC)CC)ccc1=O)c1ccc(F)cc1. The Morgan fingerprint density at radius 2 is 1.61 bits per heavy atom. The molecule has 0 bridgehead atoms. The fourth-order valence-corrected chi connectivity index (χ4v) is 4.33. The van der Waals surface area contributed by atoms with Crippen LogP contribution in [0.25, 0.3) is 0 Å². The third-order valence-corrected chi connectivity index (χ3v) is 6.39. The molecule has 0 saturated heterocycles. The highest BCUT2D eigenvalue weighted by Crippen LogP contribution is 2.16. The molecule has 1 aromatic heterocycles. The number of carbonyl (C=O) groups excluding carboxylic acids is 1. The Morgan fingerprint density at radius 3 is 2.14 bits per heavy atom. The molecule has 2 aromatic rings. The van der Waals surface area contributed by atoms with Crippen molar-refractivity contribution in [1.82, 2.24) is 8.87 Å². The summed E-state index contributed by atoms with van der Waals surface area (Å²) >= 11 is 0. The summed E-state index contributed by atoms with van der Waals surface area (Å²) in [5.41, 5.74) is 0.0101. The number of halogens is 1. The van der Waals surface area contributed by atoms with Gasteiger partial charge in [-0.25, -0.2) is 12.8 Å². The molecule has 0 fully saturated rings. The Bertz CT molecular complexity index is 983. The zero-order chi connectivity index (χ0) is 20.9. The first-order chi connectivity index (χ1) is 13.2. The minimum Gasteiger partial charge on any atom is -0.311 e. The standard InChI is InChI=1S/C19H24FN3O4S/c1-4-22(5-2)28(26,27)17-11-12-18(24)21(13-17)14-19(25)23(6-3)16-9-7-15(20)8-10-16/h7-13H,4-6,14H2,1-3H3. The number of amides is 1. The van der Waals surface area contributed by atoms with Gasteiger partial charge in [0, 0.05) is 37.6 Å². The Kier molecular flexibility index (Phi) is 7.09. The van der Waals surface area contributed by atoms with Gasteiger partial charge in [-0.2, -0.15) is 4.31 Å². The van der Waals surface area contributed by atoms with E-state index in [0.29, 0.717) is 25.3 Å². The summed E-state index contributed by atoms with van der Waals surface area (Å²) in [6.07, 6.45) is 1.19. The second kappa shape index (κ2) is 9.11. The summed E-state index contributed by atoms with van der Waals surface area (Å²) in [5, 5.41) is 0. The van der Waals surface area contributed by atoms with Crippen LogP contribution in [-0.4, -0.2) is 42.8 Å². The third-order valence-electron chi connectivity index (χ3n) is 4.36. The number of nitrogens with zero attached hydrogens (tertiary/aromatic N) is 3. The molecular weight excluding hydrogens is 385 g/mol. The molecule has 0 radical (unpaired) electrons. The number of carbonyl (C=O) groups is 1. The maximum Gasteiger partial charge on any atom is 0.251 e. The smallest absolute Gasteiger partial charge is 0.251 e. The maximum atomic E-state index is 13.1. The van der Waals surface area contributed by atoms with Crippen LogP contribution in [-0.2, 0) is 21.4 Å². The molecule has 0 unspecified atom stereocenters. The average molecular weight is 409 g/mol. The van der Waals surface area contributed by atoms with Crippen LogP contribution in [0.15, 0.2) is 52.3 Å². The van der Waals surface area contributed by atoms with Crippen molar-refractivity contribution in [2.24, 2.45) is 0 Å². The number of aromatic nitrogens is 1. The molecule has 7 nitrogen and oxygen atoms in total. The van der Waals surface area contributed by atoms with Crippen LogP contribution in [0.2, 0.25) is 0 Å². The van der Waals surface area contributed by atoms with E-state index < -0.39 is 27.3 Å². The minimum absolute atomic E-state index is 0.0477. The Balaban J connectivity index is 2.34. The number of hydrogen-bond donors (Lipinski definition) is 0. The van der Waals surface area contributed by atoms with E-state index in [1.54, 1.807) is 20.8 Å². The van der Waals surface area contributed by atoms with E-state index >= 15 is 0 Å². The summed E-state index contributed by atoms with van der Waals surface area (Å²) in [4.78, 5) is 26.2. The molecule has 0 saturated carbocycles. The number of hydrogen-bond acceptors (Lipinski definition) is 4. The lowest BCUT2D eigenvalue weighted by Gasteiger charge is -2.22. The predicted molar refractivity (Wildman–Crippen MR) is 105 cm³/mol. The lowest BCUT2D eigenvalue weighted by atomic mass is 10.2. The van der Waals surface area contributed by atoms with Crippen molar-refractivity contribution >= 4 is 21.6 Å². The fourth-order valence-electron chi connectivity index (χ4n) is 2.85. The molecule has 2 rings (SSSR count). The van der Waals surface area contributed by atoms with Crippen LogP contribution in [0.1, 0.15) is 20.8 Å². The van der Waals surface area contributed by atoms with Crippen molar-refractivity contribution < 1.29 is 17.6 Å². The molecule has 0 aliphatic rings. The normalized spacial score (nSPS) is 11.6. The third kappa shape index (κ3) is 4.66. The Hall–Kier alpha value is -2.52. The molecule has 1 aromatic carbocycles. The maximum absolute atomic E-state index is 13.1. The minimum atomic E-state index is -3.75. The van der Waals surface area contributed by atoms with Gasteiger partial charge in [0.05, 0.1) is 4.90 Å². The highest BCUT2D eigenvalue weighted by Gasteiger charge is 2.23. The average Bonchev–Trinajstić information content (AvgIpc) is 2.66. The number of anilines is 1. The van der Waals surface area contributed by atoms with Crippen molar-refractivity contribution in [2.45, 2.75) is 32.2 Å². The van der Waals surface area contributed by atoms with Gasteiger partial charge in [-0.1, -0.05) is 13.8 Å². The molecule has 0 atom stereocenters. The Morgan fingerprint density at radius 1 is 1.00 bits per heavy atom. The van der Waals surface area contributed by atoms with Crippen LogP contribution < -0.4 is 10.5 Å². The number of likely N-dealkylation sites (N-methyl/N-ethyl adjacent to an activating group) is 1. The van der Waals surface area contributed by atoms with Gasteiger partial charge in [0.15, 0.2) is 0 Å². The lowest BCUT2D eigenvalue weighted by Crippen LogP contribution is -2.37. The van der Waals surface area contributed by atoms with Gasteiger partial charge in [0.1, 0.15) is 12.4 Å². The Labute approximate surface area is 164 Å². The highest BCUT2D eigenvalue weighted by atomic mass is 32.2. The summed E-state index contributed by atoms with van der Waals surface area (Å²) in [6, 6.07) is 7.82. The second-order valence-electron chi connectivity index (χ2n) is 6.03. The van der Waals surface area contributed by atoms with Crippen molar-refractivity contribution in [2.75, 3.05) is 24.5 Å². The first-order valence-corrected chi connectivity index (χ1v) is 10.4. The molecule has 0 aliphatic carbocycles. The summed E-state index contributed by atoms with van der Waals surface area (Å²) in [5.74, 6) is -0.827. The summed E-state index contributed by atoms with van der Waals surface area (Å²) in [7, 11) is -3.75. The largest absolute Gasteiger partial charge is 0.311 e. The number of rotatable bonds is 8. The summed E-state index contributed by atoms with van der Waals surface area (Å²) < 4.78 is 40.8. The van der Waals surface area contributed by atoms with E-state index in [9.17, 15) is 22.4 Å². The van der Waals surface area contributed by atoms with E-state index in [-0.39, 0.29) is 11.4 Å². The van der Waals surface area contributed by atoms with Crippen molar-refractivity contribution in [3.8, 4) is 0 Å². The monoisotopic (exact) mass is 409 g/mol. The van der Waals surface area contributed by atoms with Gasteiger partial charge >= 0.3 is 0 Å². The van der Waals surface area contributed by atoms with Gasteiger partial charge in [0.25, 0.3) is 5.56 Å². The van der Waals surface area contributed by atoms with Crippen LogP contribution in [0, 0.1) is 5.82 Å². The number of pyridine rings is 1. The zero-order valence-corrected chi connectivity index (χ0v) is 16.9. The second-order valence-corrected chi connectivity index (χ2v) is 7.97. The first kappa shape index (κ1) is 21.8. The predicted octanol–water partition coefficient (Wildman–Crippen LogP) is 2.07. The first-order valence-electron chi connectivity index (χ1n) is 9.01. The molecule has 1 amide bonds. The van der Waals surface area contributed by atoms with E-state index in [4.69, 9.17) is 0 Å². The number of benzene rings is 1. The van der Waals surface area contributed by atoms with Gasteiger partial charge in [-0.3, -0.25) is 9.59 Å². The van der Waals surface area contributed by atoms with Crippen LogP contribution in [0.3, 0.4) is 0 Å². The molecular formula is C19H24FN3O4S. The molecule has 28 heavy (non-hydrogen) atoms. The van der Waals surface area contributed by atoms with Gasteiger partial charge in [-0.05, 0) is 37.3 Å². The van der Waals surface area contributed by atoms with Crippen LogP contribution in [0.5, 0.6) is 0 Å². The zero-order valence-electron chi connectivity index (χ0n) is 16.1. The topological polar surface area (TPSA) is 79.7 Å². The molecule has 1 heterocycles. The summed E-state index contributed by atoms with van der Waals surface area (Å²) in [6.45, 7) is 5.79. The fraction of sp³-hybridized carbons (Fsp3) is 0.368. The van der Waals surface area contributed by atoms with E-state index in [0.717, 1.165) is 10.6 Å². The van der Waals surface area contributed by atoms with Crippen molar-refractivity contribution in [3.63, 3.8) is 0 Å². The van der Waals surface area contributed by atoms with Crippen molar-refractivity contribution in [1.29, 1.82) is 0 Å². The van der Waals surface area contributed by atoms with Gasteiger partial charge in [0.2, 0.25) is 15.9 Å². The van der Waals surface area contributed by atoms with Crippen molar-refractivity contribution in [3.05, 3.63) is 58.8 Å². The van der Waals surface area contributed by atoms with E-state index in [2.05, 4.69) is 0 Å². The lowest BCUT2D eigenvalue weighted by molar-refractivity contribution is -0.119. The highest BCUT2D eigenvalue weighted by molar-refractivity contribution is 7.89. The van der Waals surface area contributed by atoms with Gasteiger partial charge in [-0.15, -0.1) is 0 Å². The van der Waals surface area contributed by atoms with Gasteiger partial charge < -0.3 is 9.47 Å². The van der Waals surface area contributed by atoms with E-state index in [1.807, 2.05) is 0 Å². The molecule has 152 valence electrons. The molecule has 0 spiro atoms.